The Bertz CT molecular complexity index is 1610. The molecule has 2 fully saturated rings. The molecule has 3 unspecified atom stereocenters. The second-order valence-electron chi connectivity index (χ2n) is 10.0. The van der Waals surface area contributed by atoms with Crippen LogP contribution in [0.25, 0.3) is 0 Å². The maximum Gasteiger partial charge on any atom is 0.338 e. The van der Waals surface area contributed by atoms with Crippen molar-refractivity contribution < 1.29 is 33.8 Å². The van der Waals surface area contributed by atoms with Crippen molar-refractivity contribution in [1.29, 1.82) is 0 Å². The molecule has 3 amide bonds. The van der Waals surface area contributed by atoms with Gasteiger partial charge in [0.25, 0.3) is 0 Å². The molecule has 4 heterocycles. The molecule has 3 aromatic rings. The van der Waals surface area contributed by atoms with Crippen LogP contribution in [0.3, 0.4) is 0 Å². The van der Waals surface area contributed by atoms with Gasteiger partial charge in [0.2, 0.25) is 17.7 Å². The number of esters is 1. The average molecular weight is 610 g/mol. The summed E-state index contributed by atoms with van der Waals surface area (Å²) in [5.74, 6) is -3.04. The number of morpholine rings is 1. The SMILES string of the molecule is CCOC(=O)c1ccc(N2C(=O)C3Sc4c(sc(=O)n4CC(=O)N4CCOCC4)C(c4ccc(O)cc4)C3C2=O)cc1. The maximum atomic E-state index is 14.0. The first-order valence-corrected chi connectivity index (χ1v) is 15.2. The molecule has 42 heavy (non-hydrogen) atoms. The number of thiazole rings is 1. The van der Waals surface area contributed by atoms with E-state index in [1.165, 1.54) is 41.0 Å². The minimum Gasteiger partial charge on any atom is -0.508 e. The zero-order valence-electron chi connectivity index (χ0n) is 22.6. The number of hydrogen-bond donors (Lipinski definition) is 1. The van der Waals surface area contributed by atoms with Gasteiger partial charge in [0, 0.05) is 23.9 Å². The molecule has 1 aromatic heterocycles. The minimum atomic E-state index is -0.854. The van der Waals surface area contributed by atoms with Gasteiger partial charge in [-0.2, -0.15) is 0 Å². The number of amides is 3. The van der Waals surface area contributed by atoms with E-state index in [0.717, 1.165) is 28.0 Å². The molecule has 0 saturated carbocycles. The van der Waals surface area contributed by atoms with Crippen molar-refractivity contribution in [3.63, 3.8) is 0 Å². The summed E-state index contributed by atoms with van der Waals surface area (Å²) in [4.78, 5) is 69.4. The third-order valence-electron chi connectivity index (χ3n) is 7.60. The Balaban J connectivity index is 1.38. The Labute approximate surface area is 248 Å². The smallest absolute Gasteiger partial charge is 0.338 e. The molecule has 13 heteroatoms. The van der Waals surface area contributed by atoms with Gasteiger partial charge in [0.05, 0.1) is 42.0 Å². The van der Waals surface area contributed by atoms with Gasteiger partial charge in [-0.05, 0) is 48.9 Å². The number of hydrogen-bond acceptors (Lipinski definition) is 10. The fourth-order valence-corrected chi connectivity index (χ4v) is 8.33. The number of aromatic hydroxyl groups is 1. The Morgan fingerprint density at radius 2 is 1.69 bits per heavy atom. The van der Waals surface area contributed by atoms with Crippen LogP contribution in [0.2, 0.25) is 0 Å². The number of phenols is 1. The van der Waals surface area contributed by atoms with Crippen molar-refractivity contribution >= 4 is 52.5 Å². The van der Waals surface area contributed by atoms with Gasteiger partial charge in [0.15, 0.2) is 0 Å². The number of ether oxygens (including phenoxy) is 2. The summed E-state index contributed by atoms with van der Waals surface area (Å²) in [5.41, 5.74) is 1.28. The molecule has 11 nitrogen and oxygen atoms in total. The monoisotopic (exact) mass is 609 g/mol. The standard InChI is InChI=1S/C29H27N3O8S2/c1-2-40-28(37)17-3-7-18(8-4-17)32-25(35)22-21(16-5-9-19(33)10-6-16)24-27(41-23(22)26(32)36)31(29(38)42-24)15-20(34)30-11-13-39-14-12-30/h3-10,21-23,33H,2,11-15H2,1H3. The quantitative estimate of drug-likeness (QED) is 0.330. The van der Waals surface area contributed by atoms with Crippen molar-refractivity contribution in [3.05, 3.63) is 74.2 Å². The average Bonchev–Trinajstić information content (AvgIpc) is 3.44. The lowest BCUT2D eigenvalue weighted by molar-refractivity contribution is -0.136. The molecule has 3 atom stereocenters. The van der Waals surface area contributed by atoms with Gasteiger partial charge in [-0.3, -0.25) is 23.7 Å². The number of phenolic OH excluding ortho intramolecular Hbond substituents is 1. The Kier molecular flexibility index (Phi) is 7.64. The van der Waals surface area contributed by atoms with Gasteiger partial charge in [-0.1, -0.05) is 35.2 Å². The third-order valence-corrected chi connectivity index (χ3v) is 10.2. The molecule has 1 N–H and O–H groups in total. The fraction of sp³-hybridized carbons (Fsp3) is 0.345. The summed E-state index contributed by atoms with van der Waals surface area (Å²) in [7, 11) is 0. The van der Waals surface area contributed by atoms with Gasteiger partial charge in [-0.25, -0.2) is 9.69 Å². The number of aromatic nitrogens is 1. The van der Waals surface area contributed by atoms with E-state index in [9.17, 15) is 29.1 Å². The molecule has 0 spiro atoms. The summed E-state index contributed by atoms with van der Waals surface area (Å²) < 4.78 is 11.8. The molecule has 0 radical (unpaired) electrons. The van der Waals surface area contributed by atoms with E-state index in [-0.39, 0.29) is 29.7 Å². The van der Waals surface area contributed by atoms with Crippen LogP contribution in [0.15, 0.2) is 58.4 Å². The number of thioether (sulfide) groups is 1. The molecule has 6 rings (SSSR count). The molecule has 218 valence electrons. The fourth-order valence-electron chi connectivity index (χ4n) is 5.56. The van der Waals surface area contributed by atoms with E-state index in [0.29, 0.717) is 53.0 Å². The number of imide groups is 1. The maximum absolute atomic E-state index is 14.0. The molecule has 0 bridgehead atoms. The summed E-state index contributed by atoms with van der Waals surface area (Å²) in [6, 6.07) is 12.4. The van der Waals surface area contributed by atoms with Crippen LogP contribution in [0.4, 0.5) is 5.69 Å². The van der Waals surface area contributed by atoms with Crippen LogP contribution in [0.1, 0.15) is 33.6 Å². The summed E-state index contributed by atoms with van der Waals surface area (Å²) >= 11 is 2.10. The van der Waals surface area contributed by atoms with Crippen molar-refractivity contribution in [3.8, 4) is 5.75 Å². The first kappa shape index (κ1) is 28.2. The largest absolute Gasteiger partial charge is 0.508 e. The number of carbonyl (C=O) groups excluding carboxylic acids is 4. The summed E-state index contributed by atoms with van der Waals surface area (Å²) in [6.07, 6.45) is 0. The van der Waals surface area contributed by atoms with Crippen LogP contribution in [0.5, 0.6) is 5.75 Å². The van der Waals surface area contributed by atoms with E-state index in [4.69, 9.17) is 9.47 Å². The van der Waals surface area contributed by atoms with E-state index < -0.39 is 34.9 Å². The lowest BCUT2D eigenvalue weighted by Crippen LogP contribution is -2.43. The highest BCUT2D eigenvalue weighted by molar-refractivity contribution is 8.00. The number of nitrogens with zero attached hydrogens (tertiary/aromatic N) is 3. The van der Waals surface area contributed by atoms with Crippen molar-refractivity contribution in [1.82, 2.24) is 9.47 Å². The number of fused-ring (bicyclic) bond motifs is 2. The van der Waals surface area contributed by atoms with E-state index >= 15 is 0 Å². The predicted molar refractivity (Wildman–Crippen MR) is 154 cm³/mol. The van der Waals surface area contributed by atoms with Crippen LogP contribution in [0, 0.1) is 5.92 Å². The number of carbonyl (C=O) groups is 4. The van der Waals surface area contributed by atoms with Crippen LogP contribution < -0.4 is 9.77 Å². The van der Waals surface area contributed by atoms with Crippen LogP contribution in [-0.2, 0) is 30.4 Å². The first-order valence-electron chi connectivity index (χ1n) is 13.5. The van der Waals surface area contributed by atoms with Gasteiger partial charge >= 0.3 is 10.8 Å². The second-order valence-corrected chi connectivity index (χ2v) is 12.2. The van der Waals surface area contributed by atoms with E-state index in [1.807, 2.05) is 0 Å². The van der Waals surface area contributed by atoms with E-state index in [2.05, 4.69) is 0 Å². The molecule has 3 aliphatic rings. The Morgan fingerprint density at radius 1 is 1.00 bits per heavy atom. The van der Waals surface area contributed by atoms with Crippen LogP contribution >= 0.6 is 23.1 Å². The van der Waals surface area contributed by atoms with E-state index in [1.54, 1.807) is 24.0 Å². The zero-order valence-corrected chi connectivity index (χ0v) is 24.2. The molecular formula is C29H27N3O8S2. The van der Waals surface area contributed by atoms with Gasteiger partial charge in [-0.15, -0.1) is 0 Å². The highest BCUT2D eigenvalue weighted by Gasteiger charge is 2.56. The zero-order chi connectivity index (χ0) is 29.5. The molecule has 2 saturated heterocycles. The van der Waals surface area contributed by atoms with Crippen LogP contribution in [-0.4, -0.2) is 76.4 Å². The summed E-state index contributed by atoms with van der Waals surface area (Å²) in [6.45, 7) is 3.47. The molecule has 2 aromatic carbocycles. The lowest BCUT2D eigenvalue weighted by atomic mass is 9.83. The highest BCUT2D eigenvalue weighted by Crippen LogP contribution is 2.54. The van der Waals surface area contributed by atoms with Crippen molar-refractivity contribution in [2.45, 2.75) is 29.7 Å². The predicted octanol–water partition coefficient (Wildman–Crippen LogP) is 2.45. The number of benzene rings is 2. The van der Waals surface area contributed by atoms with Crippen molar-refractivity contribution in [2.75, 3.05) is 37.8 Å². The highest BCUT2D eigenvalue weighted by atomic mass is 32.2. The Hall–Kier alpha value is -3.94. The molecule has 0 aliphatic carbocycles. The second kappa shape index (κ2) is 11.4. The normalized spacial score (nSPS) is 21.7. The first-order chi connectivity index (χ1) is 20.3. The molecular weight excluding hydrogens is 582 g/mol. The Morgan fingerprint density at radius 3 is 2.36 bits per heavy atom. The number of anilines is 1. The molecule has 3 aliphatic heterocycles. The minimum absolute atomic E-state index is 0.0414. The van der Waals surface area contributed by atoms with Gasteiger partial charge in [0.1, 0.15) is 17.5 Å². The third kappa shape index (κ3) is 4.91. The van der Waals surface area contributed by atoms with Gasteiger partial charge < -0.3 is 19.5 Å². The topological polar surface area (TPSA) is 135 Å². The summed E-state index contributed by atoms with van der Waals surface area (Å²) in [5, 5.41) is 9.56. The lowest BCUT2D eigenvalue weighted by Gasteiger charge is -2.31. The number of rotatable bonds is 6. The van der Waals surface area contributed by atoms with Crippen molar-refractivity contribution in [2.24, 2.45) is 5.92 Å².